The van der Waals surface area contributed by atoms with Crippen LogP contribution in [0.15, 0.2) is 4.99 Å². The van der Waals surface area contributed by atoms with Crippen molar-refractivity contribution in [1.82, 2.24) is 15.6 Å². The average molecular weight is 300 g/mol. The Morgan fingerprint density at radius 3 is 2.68 bits per heavy atom. The van der Waals surface area contributed by atoms with Gasteiger partial charge in [0.05, 0.1) is 10.7 Å². The van der Waals surface area contributed by atoms with Crippen molar-refractivity contribution >= 4 is 29.1 Å². The summed E-state index contributed by atoms with van der Waals surface area (Å²) in [4.78, 5) is 10.2. The molecular weight excluding hydrogens is 276 g/mol. The summed E-state index contributed by atoms with van der Waals surface area (Å²) < 4.78 is 0. The molecule has 0 amide bonds. The molecule has 0 aliphatic carbocycles. The van der Waals surface area contributed by atoms with E-state index in [9.17, 15) is 0 Å². The molecule has 0 atom stereocenters. The number of guanidine groups is 1. The number of nitrogens with zero attached hydrogens (tertiary/aromatic N) is 2. The van der Waals surface area contributed by atoms with E-state index in [-0.39, 0.29) is 0 Å². The molecule has 1 heterocycles. The Hall–Kier alpha value is -0.750. The highest BCUT2D eigenvalue weighted by atomic mass is 32.2. The van der Waals surface area contributed by atoms with Gasteiger partial charge in [-0.25, -0.2) is 4.98 Å². The lowest BCUT2D eigenvalue weighted by Gasteiger charge is -2.10. The molecule has 6 heteroatoms. The molecule has 19 heavy (non-hydrogen) atoms. The highest BCUT2D eigenvalue weighted by molar-refractivity contribution is 7.98. The van der Waals surface area contributed by atoms with Crippen LogP contribution >= 0.6 is 23.1 Å². The monoisotopic (exact) mass is 300 g/mol. The topological polar surface area (TPSA) is 49.3 Å². The Balaban J connectivity index is 2.31. The lowest BCUT2D eigenvalue weighted by molar-refractivity contribution is 0.805. The molecule has 0 bridgehead atoms. The minimum atomic E-state index is 0.870. The third-order valence-electron chi connectivity index (χ3n) is 2.73. The van der Waals surface area contributed by atoms with E-state index in [1.54, 1.807) is 18.4 Å². The van der Waals surface area contributed by atoms with Crippen LogP contribution in [0.4, 0.5) is 0 Å². The maximum Gasteiger partial charge on any atom is 0.191 e. The summed E-state index contributed by atoms with van der Waals surface area (Å²) >= 11 is 3.63. The van der Waals surface area contributed by atoms with Gasteiger partial charge in [0.2, 0.25) is 0 Å². The molecule has 0 aliphatic heterocycles. The Bertz CT molecular complexity index is 401. The molecule has 1 aromatic heterocycles. The smallest absolute Gasteiger partial charge is 0.191 e. The van der Waals surface area contributed by atoms with Gasteiger partial charge in [0.15, 0.2) is 5.96 Å². The van der Waals surface area contributed by atoms with Crippen LogP contribution < -0.4 is 10.6 Å². The van der Waals surface area contributed by atoms with Crippen molar-refractivity contribution < 1.29 is 0 Å². The molecular formula is C13H24N4S2. The summed E-state index contributed by atoms with van der Waals surface area (Å²) in [5, 5.41) is 7.81. The summed E-state index contributed by atoms with van der Waals surface area (Å²) in [5.41, 5.74) is 1.24. The molecule has 0 aliphatic rings. The van der Waals surface area contributed by atoms with E-state index < -0.39 is 0 Å². The van der Waals surface area contributed by atoms with Gasteiger partial charge in [-0.1, -0.05) is 6.92 Å². The van der Waals surface area contributed by atoms with Gasteiger partial charge in [-0.05, 0) is 19.6 Å². The van der Waals surface area contributed by atoms with E-state index in [4.69, 9.17) is 0 Å². The van der Waals surface area contributed by atoms with E-state index >= 15 is 0 Å². The van der Waals surface area contributed by atoms with Gasteiger partial charge in [-0.3, -0.25) is 4.99 Å². The van der Waals surface area contributed by atoms with Crippen LogP contribution in [0.3, 0.4) is 0 Å². The molecule has 4 nitrogen and oxygen atoms in total. The quantitative estimate of drug-likeness (QED) is 0.460. The Kier molecular flexibility index (Phi) is 7.90. The second kappa shape index (κ2) is 9.20. The van der Waals surface area contributed by atoms with Crippen LogP contribution in [0.2, 0.25) is 0 Å². The van der Waals surface area contributed by atoms with Gasteiger partial charge in [0.1, 0.15) is 0 Å². The summed E-state index contributed by atoms with van der Waals surface area (Å²) in [7, 11) is 1.80. The summed E-state index contributed by atoms with van der Waals surface area (Å²) in [6, 6.07) is 0. The number of hydrogen-bond donors (Lipinski definition) is 2. The molecule has 0 spiro atoms. The molecule has 2 N–H and O–H groups in total. The minimum Gasteiger partial charge on any atom is -0.356 e. The lowest BCUT2D eigenvalue weighted by atomic mass is 10.3. The molecule has 1 aromatic rings. The number of thiazole rings is 1. The molecule has 0 unspecified atom stereocenters. The normalized spacial score (nSPS) is 11.7. The maximum atomic E-state index is 4.64. The van der Waals surface area contributed by atoms with Crippen molar-refractivity contribution in [2.75, 3.05) is 32.1 Å². The van der Waals surface area contributed by atoms with Gasteiger partial charge >= 0.3 is 0 Å². The van der Waals surface area contributed by atoms with Crippen LogP contribution in [0.25, 0.3) is 0 Å². The third-order valence-corrected chi connectivity index (χ3v) is 4.41. The van der Waals surface area contributed by atoms with Crippen LogP contribution in [0.1, 0.15) is 22.5 Å². The number of aliphatic imine (C=N–C) groups is 1. The standard InChI is InChI=1S/C13H24N4S2/c1-5-11-10(2)19-12(17-11)6-7-15-13(14-3)16-8-9-18-4/h5-9H2,1-4H3,(H2,14,15,16). The first-order chi connectivity index (χ1) is 9.21. The largest absolute Gasteiger partial charge is 0.356 e. The van der Waals surface area contributed by atoms with Gasteiger partial charge < -0.3 is 10.6 Å². The molecule has 0 saturated carbocycles. The number of aromatic nitrogens is 1. The van der Waals surface area contributed by atoms with Crippen LogP contribution in [0.5, 0.6) is 0 Å². The fourth-order valence-electron chi connectivity index (χ4n) is 1.70. The summed E-state index contributed by atoms with van der Waals surface area (Å²) in [5.74, 6) is 1.96. The van der Waals surface area contributed by atoms with Gasteiger partial charge in [0.25, 0.3) is 0 Å². The molecule has 0 aromatic carbocycles. The van der Waals surface area contributed by atoms with Crippen molar-refractivity contribution in [1.29, 1.82) is 0 Å². The van der Waals surface area contributed by atoms with Crippen LogP contribution in [0, 0.1) is 6.92 Å². The van der Waals surface area contributed by atoms with E-state index in [0.717, 1.165) is 37.6 Å². The van der Waals surface area contributed by atoms with Gasteiger partial charge in [-0.2, -0.15) is 11.8 Å². The number of aryl methyl sites for hydroxylation is 2. The fraction of sp³-hybridized carbons (Fsp3) is 0.692. The van der Waals surface area contributed by atoms with Crippen LogP contribution in [-0.4, -0.2) is 43.1 Å². The van der Waals surface area contributed by atoms with Gasteiger partial charge in [0, 0.05) is 37.2 Å². The lowest BCUT2D eigenvalue weighted by Crippen LogP contribution is -2.39. The Labute approximate surface area is 124 Å². The van der Waals surface area contributed by atoms with Gasteiger partial charge in [-0.15, -0.1) is 11.3 Å². The van der Waals surface area contributed by atoms with E-state index in [1.165, 1.54) is 15.6 Å². The summed E-state index contributed by atoms with van der Waals surface area (Å²) in [6.45, 7) is 6.12. The predicted molar refractivity (Wildman–Crippen MR) is 87.7 cm³/mol. The van der Waals surface area contributed by atoms with Crippen molar-refractivity contribution in [2.45, 2.75) is 26.7 Å². The van der Waals surface area contributed by atoms with Crippen molar-refractivity contribution in [2.24, 2.45) is 4.99 Å². The third kappa shape index (κ3) is 5.82. The molecule has 0 saturated heterocycles. The first-order valence-corrected chi connectivity index (χ1v) is 8.80. The average Bonchev–Trinajstić information content (AvgIpc) is 2.77. The van der Waals surface area contributed by atoms with Crippen molar-refractivity contribution in [3.05, 3.63) is 15.6 Å². The van der Waals surface area contributed by atoms with E-state index in [1.807, 2.05) is 11.8 Å². The minimum absolute atomic E-state index is 0.870. The highest BCUT2D eigenvalue weighted by Crippen LogP contribution is 2.17. The number of hydrogen-bond acceptors (Lipinski definition) is 4. The first-order valence-electron chi connectivity index (χ1n) is 6.59. The molecule has 0 fully saturated rings. The Morgan fingerprint density at radius 1 is 1.37 bits per heavy atom. The van der Waals surface area contributed by atoms with Crippen molar-refractivity contribution in [3.8, 4) is 0 Å². The number of thioether (sulfide) groups is 1. The maximum absolute atomic E-state index is 4.64. The zero-order valence-corrected chi connectivity index (χ0v) is 13.9. The fourth-order valence-corrected chi connectivity index (χ4v) is 3.03. The highest BCUT2D eigenvalue weighted by Gasteiger charge is 2.05. The van der Waals surface area contributed by atoms with E-state index in [2.05, 4.69) is 40.7 Å². The second-order valence-corrected chi connectivity index (χ2v) is 6.41. The second-order valence-electron chi connectivity index (χ2n) is 4.13. The Morgan fingerprint density at radius 2 is 2.11 bits per heavy atom. The molecule has 0 radical (unpaired) electrons. The van der Waals surface area contributed by atoms with E-state index in [0.29, 0.717) is 0 Å². The zero-order chi connectivity index (χ0) is 14.1. The first kappa shape index (κ1) is 16.3. The zero-order valence-electron chi connectivity index (χ0n) is 12.2. The molecule has 1 rings (SSSR count). The SMILES string of the molecule is CCc1nc(CCNC(=NC)NCCSC)sc1C. The number of nitrogens with one attached hydrogen (secondary N) is 2. The van der Waals surface area contributed by atoms with Crippen LogP contribution in [-0.2, 0) is 12.8 Å². The summed E-state index contributed by atoms with van der Waals surface area (Å²) in [6.07, 6.45) is 4.08. The predicted octanol–water partition coefficient (Wildman–Crippen LogP) is 2.08. The molecule has 108 valence electrons. The van der Waals surface area contributed by atoms with Crippen molar-refractivity contribution in [3.63, 3.8) is 0 Å². The number of rotatable bonds is 7.